The largest absolute Gasteiger partial charge is 0.456 e. The fraction of sp³-hybridized carbons (Fsp3) is 0.0417. The maximum absolute atomic E-state index is 6.65. The van der Waals surface area contributed by atoms with Crippen molar-refractivity contribution in [3.05, 3.63) is 158 Å². The Morgan fingerprint density at radius 3 is 1.84 bits per heavy atom. The SMILES string of the molecule is C1=CC(n2c3cccc4c5cccc6oc7ccc8c(c7c65)c5c(c43)c2ccc5n8-c2cccc(-c3cccc(-c4ccccc4)c3)c2)=CCC1. The lowest BCUT2D eigenvalue weighted by Crippen LogP contribution is -1.97. The van der Waals surface area contributed by atoms with Crippen LogP contribution in [0.4, 0.5) is 0 Å². The number of benzene rings is 7. The molecule has 1 aliphatic rings. The summed E-state index contributed by atoms with van der Waals surface area (Å²) in [6.45, 7) is 0. The van der Waals surface area contributed by atoms with Crippen LogP contribution in [0, 0.1) is 0 Å². The van der Waals surface area contributed by atoms with E-state index in [4.69, 9.17) is 4.42 Å². The summed E-state index contributed by atoms with van der Waals surface area (Å²) >= 11 is 0. The average molecular weight is 651 g/mol. The Morgan fingerprint density at radius 1 is 0.412 bits per heavy atom. The van der Waals surface area contributed by atoms with E-state index in [0.717, 1.165) is 29.7 Å². The maximum Gasteiger partial charge on any atom is 0.136 e. The van der Waals surface area contributed by atoms with Crippen LogP contribution in [0.1, 0.15) is 12.8 Å². The molecule has 238 valence electrons. The number of aromatic nitrogens is 2. The Hall–Kier alpha value is -6.58. The smallest absolute Gasteiger partial charge is 0.136 e. The van der Waals surface area contributed by atoms with Crippen LogP contribution < -0.4 is 0 Å². The summed E-state index contributed by atoms with van der Waals surface area (Å²) in [6, 6.07) is 51.1. The van der Waals surface area contributed by atoms with E-state index in [9.17, 15) is 0 Å². The van der Waals surface area contributed by atoms with E-state index in [2.05, 4.69) is 167 Å². The predicted molar refractivity (Wildman–Crippen MR) is 214 cm³/mol. The summed E-state index contributed by atoms with van der Waals surface area (Å²) in [5.41, 5.74) is 14.0. The molecule has 0 N–H and O–H groups in total. The minimum Gasteiger partial charge on any atom is -0.456 e. The van der Waals surface area contributed by atoms with E-state index in [1.165, 1.54) is 93.1 Å². The third kappa shape index (κ3) is 3.62. The molecule has 1 aliphatic carbocycles. The van der Waals surface area contributed by atoms with Crippen molar-refractivity contribution in [3.8, 4) is 27.9 Å². The summed E-state index contributed by atoms with van der Waals surface area (Å²) < 4.78 is 11.6. The highest BCUT2D eigenvalue weighted by atomic mass is 16.3. The lowest BCUT2D eigenvalue weighted by molar-refractivity contribution is 0.669. The highest BCUT2D eigenvalue weighted by Crippen LogP contribution is 2.50. The highest BCUT2D eigenvalue weighted by molar-refractivity contribution is 6.42. The number of nitrogens with zero attached hydrogens (tertiary/aromatic N) is 2. The lowest BCUT2D eigenvalue weighted by Gasteiger charge is -2.13. The quantitative estimate of drug-likeness (QED) is 0.186. The number of furan rings is 1. The van der Waals surface area contributed by atoms with E-state index in [1.807, 2.05) is 0 Å². The van der Waals surface area contributed by atoms with Crippen molar-refractivity contribution in [3.63, 3.8) is 0 Å². The van der Waals surface area contributed by atoms with Crippen molar-refractivity contribution in [1.82, 2.24) is 9.13 Å². The molecule has 0 saturated heterocycles. The molecule has 0 saturated carbocycles. The maximum atomic E-state index is 6.65. The van der Waals surface area contributed by atoms with Crippen LogP contribution in [-0.2, 0) is 0 Å². The molecular formula is C48H30N2O. The van der Waals surface area contributed by atoms with Crippen molar-refractivity contribution in [2.45, 2.75) is 12.8 Å². The molecule has 0 bridgehead atoms. The Kier molecular flexibility index (Phi) is 5.34. The molecule has 8 aromatic carbocycles. The second kappa shape index (κ2) is 9.99. The first-order chi connectivity index (χ1) is 25.3. The van der Waals surface area contributed by atoms with Crippen LogP contribution in [0.3, 0.4) is 0 Å². The molecule has 0 amide bonds. The molecule has 0 aliphatic heterocycles. The zero-order chi connectivity index (χ0) is 33.2. The van der Waals surface area contributed by atoms with E-state index >= 15 is 0 Å². The zero-order valence-corrected chi connectivity index (χ0v) is 27.7. The second-order valence-electron chi connectivity index (χ2n) is 13.9. The fourth-order valence-electron chi connectivity index (χ4n) is 9.15. The first kappa shape index (κ1) is 27.3. The number of fused-ring (bicyclic) bond motifs is 1. The number of rotatable bonds is 4. The van der Waals surface area contributed by atoms with Gasteiger partial charge in [-0.3, -0.25) is 0 Å². The van der Waals surface area contributed by atoms with Gasteiger partial charge in [-0.25, -0.2) is 0 Å². The predicted octanol–water partition coefficient (Wildman–Crippen LogP) is 13.3. The molecule has 0 radical (unpaired) electrons. The molecule has 0 unspecified atom stereocenters. The number of hydrogen-bond acceptors (Lipinski definition) is 1. The molecule has 0 atom stereocenters. The minimum atomic E-state index is 0.931. The fourth-order valence-corrected chi connectivity index (χ4v) is 9.15. The number of allylic oxidation sites excluding steroid dienone is 4. The van der Waals surface area contributed by atoms with Crippen molar-refractivity contribution in [2.24, 2.45) is 0 Å². The van der Waals surface area contributed by atoms with Gasteiger partial charge in [0.15, 0.2) is 0 Å². The van der Waals surface area contributed by atoms with Gasteiger partial charge in [-0.2, -0.15) is 0 Å². The molecule has 0 spiro atoms. The van der Waals surface area contributed by atoms with Gasteiger partial charge in [0, 0.05) is 43.7 Å². The monoisotopic (exact) mass is 650 g/mol. The van der Waals surface area contributed by atoms with Crippen molar-refractivity contribution in [2.75, 3.05) is 0 Å². The Labute approximate surface area is 293 Å². The molecular weight excluding hydrogens is 621 g/mol. The summed E-state index contributed by atoms with van der Waals surface area (Å²) in [7, 11) is 0. The Balaban J connectivity index is 1.23. The van der Waals surface area contributed by atoms with Gasteiger partial charge in [-0.1, -0.05) is 97.1 Å². The zero-order valence-electron chi connectivity index (χ0n) is 27.7. The molecule has 12 rings (SSSR count). The van der Waals surface area contributed by atoms with E-state index < -0.39 is 0 Å². The first-order valence-electron chi connectivity index (χ1n) is 17.8. The lowest BCUT2D eigenvalue weighted by atomic mass is 9.95. The van der Waals surface area contributed by atoms with Gasteiger partial charge in [0.05, 0.1) is 22.1 Å². The molecule has 0 fully saturated rings. The van der Waals surface area contributed by atoms with Gasteiger partial charge in [-0.15, -0.1) is 0 Å². The Morgan fingerprint density at radius 2 is 1.02 bits per heavy atom. The van der Waals surface area contributed by atoms with E-state index in [-0.39, 0.29) is 0 Å². The standard InChI is InChI=1S/C48H30N2O/c1-3-11-29(12-4-1)30-13-7-14-31(27-30)32-15-8-18-34(28-32)50-39-24-23-38-45-43-35(19-9-21-37(43)49(38)33-16-5-2-6-17-33)36-20-10-22-41-44(36)48-42(51-41)26-25-40(50)47(48)46(39)45/h1,3-5,7-28H,2,6H2. The molecule has 51 heavy (non-hydrogen) atoms. The van der Waals surface area contributed by atoms with E-state index in [0.29, 0.717) is 0 Å². The second-order valence-corrected chi connectivity index (χ2v) is 13.9. The van der Waals surface area contributed by atoms with Gasteiger partial charge in [0.1, 0.15) is 11.2 Å². The summed E-state index contributed by atoms with van der Waals surface area (Å²) in [4.78, 5) is 0. The van der Waals surface area contributed by atoms with Gasteiger partial charge in [0.25, 0.3) is 0 Å². The van der Waals surface area contributed by atoms with Gasteiger partial charge in [0.2, 0.25) is 0 Å². The average Bonchev–Trinajstić information content (AvgIpc) is 3.85. The van der Waals surface area contributed by atoms with Crippen molar-refractivity contribution >= 4 is 82.0 Å². The van der Waals surface area contributed by atoms with Crippen LogP contribution in [0.5, 0.6) is 0 Å². The highest BCUT2D eigenvalue weighted by Gasteiger charge is 2.27. The molecule has 3 heterocycles. The van der Waals surface area contributed by atoms with Gasteiger partial charge < -0.3 is 13.6 Å². The number of hydrogen-bond donors (Lipinski definition) is 0. The molecule has 3 nitrogen and oxygen atoms in total. The minimum absolute atomic E-state index is 0.931. The van der Waals surface area contributed by atoms with Crippen LogP contribution in [0.25, 0.3) is 110 Å². The van der Waals surface area contributed by atoms with Crippen LogP contribution in [0.2, 0.25) is 0 Å². The molecule has 3 heteroatoms. The van der Waals surface area contributed by atoms with Gasteiger partial charge >= 0.3 is 0 Å². The van der Waals surface area contributed by atoms with Gasteiger partial charge in [-0.05, 0) is 107 Å². The van der Waals surface area contributed by atoms with Crippen molar-refractivity contribution < 1.29 is 4.42 Å². The van der Waals surface area contributed by atoms with Crippen LogP contribution in [0.15, 0.2) is 162 Å². The summed E-state index contributed by atoms with van der Waals surface area (Å²) in [5, 5.41) is 10.1. The van der Waals surface area contributed by atoms with E-state index in [1.54, 1.807) is 0 Å². The van der Waals surface area contributed by atoms with Crippen LogP contribution in [-0.4, -0.2) is 9.13 Å². The summed E-state index contributed by atoms with van der Waals surface area (Å²) in [6.07, 6.45) is 9.14. The third-order valence-electron chi connectivity index (χ3n) is 11.2. The van der Waals surface area contributed by atoms with Crippen molar-refractivity contribution in [1.29, 1.82) is 0 Å². The first-order valence-corrected chi connectivity index (χ1v) is 17.8. The summed E-state index contributed by atoms with van der Waals surface area (Å²) in [5.74, 6) is 0. The Bertz CT molecular complexity index is 3240. The topological polar surface area (TPSA) is 23.0 Å². The molecule has 3 aromatic heterocycles. The third-order valence-corrected chi connectivity index (χ3v) is 11.2. The molecule has 11 aromatic rings. The van der Waals surface area contributed by atoms with Crippen LogP contribution >= 0.6 is 0 Å². The normalized spacial score (nSPS) is 13.8.